The standard InChI is InChI=1S/C13H15NO2/c1-8(15)10-3-4-11-6-13(14-9(2)16)7-12(11)5-10/h3-5,13H,6-7H2,1-2H3,(H,14,16). The summed E-state index contributed by atoms with van der Waals surface area (Å²) in [5.41, 5.74) is 3.18. The SMILES string of the molecule is CC(=O)NC1Cc2ccc(C(C)=O)cc2C1. The number of carbonyl (C=O) groups is 2. The summed E-state index contributed by atoms with van der Waals surface area (Å²) in [6.45, 7) is 3.10. The van der Waals surface area contributed by atoms with Crippen LogP contribution in [0.4, 0.5) is 0 Å². The van der Waals surface area contributed by atoms with Crippen LogP contribution in [-0.4, -0.2) is 17.7 Å². The highest BCUT2D eigenvalue weighted by atomic mass is 16.1. The van der Waals surface area contributed by atoms with Gasteiger partial charge in [-0.2, -0.15) is 0 Å². The Morgan fingerprint density at radius 2 is 1.88 bits per heavy atom. The van der Waals surface area contributed by atoms with E-state index in [1.165, 1.54) is 18.1 Å². The van der Waals surface area contributed by atoms with E-state index in [-0.39, 0.29) is 17.7 Å². The number of hydrogen-bond acceptors (Lipinski definition) is 2. The quantitative estimate of drug-likeness (QED) is 0.763. The second kappa shape index (κ2) is 4.08. The Morgan fingerprint density at radius 1 is 1.19 bits per heavy atom. The van der Waals surface area contributed by atoms with Gasteiger partial charge in [0.25, 0.3) is 0 Å². The third-order valence-electron chi connectivity index (χ3n) is 2.95. The summed E-state index contributed by atoms with van der Waals surface area (Å²) in [7, 11) is 0. The maximum absolute atomic E-state index is 11.2. The van der Waals surface area contributed by atoms with Crippen molar-refractivity contribution in [3.8, 4) is 0 Å². The molecule has 0 heterocycles. The molecule has 1 aromatic rings. The van der Waals surface area contributed by atoms with E-state index in [4.69, 9.17) is 0 Å². The first-order valence-corrected chi connectivity index (χ1v) is 5.46. The molecule has 0 aliphatic heterocycles. The van der Waals surface area contributed by atoms with E-state index in [9.17, 15) is 9.59 Å². The van der Waals surface area contributed by atoms with Crippen LogP contribution in [-0.2, 0) is 17.6 Å². The summed E-state index contributed by atoms with van der Waals surface area (Å²) in [6, 6.07) is 5.99. The lowest BCUT2D eigenvalue weighted by Crippen LogP contribution is -2.33. The summed E-state index contributed by atoms with van der Waals surface area (Å²) in [4.78, 5) is 22.2. The fraction of sp³-hybridized carbons (Fsp3) is 0.385. The van der Waals surface area contributed by atoms with Crippen molar-refractivity contribution in [2.75, 3.05) is 0 Å². The summed E-state index contributed by atoms with van der Waals surface area (Å²) < 4.78 is 0. The molecule has 1 unspecified atom stereocenters. The Bertz CT molecular complexity index is 451. The zero-order valence-electron chi connectivity index (χ0n) is 9.54. The van der Waals surface area contributed by atoms with Gasteiger partial charge in [0.1, 0.15) is 0 Å². The molecule has 0 aromatic heterocycles. The van der Waals surface area contributed by atoms with Crippen molar-refractivity contribution in [1.29, 1.82) is 0 Å². The predicted molar refractivity (Wildman–Crippen MR) is 61.5 cm³/mol. The number of hydrogen-bond donors (Lipinski definition) is 1. The highest BCUT2D eigenvalue weighted by molar-refractivity contribution is 5.94. The fourth-order valence-corrected chi connectivity index (χ4v) is 2.23. The molecule has 1 aromatic carbocycles. The Labute approximate surface area is 94.9 Å². The van der Waals surface area contributed by atoms with Gasteiger partial charge in [0.15, 0.2) is 5.78 Å². The molecule has 0 saturated carbocycles. The molecule has 1 amide bonds. The van der Waals surface area contributed by atoms with E-state index in [1.807, 2.05) is 18.2 Å². The zero-order valence-corrected chi connectivity index (χ0v) is 9.54. The molecule has 1 N–H and O–H groups in total. The van der Waals surface area contributed by atoms with E-state index >= 15 is 0 Å². The Balaban J connectivity index is 2.18. The van der Waals surface area contributed by atoms with Gasteiger partial charge in [-0.1, -0.05) is 12.1 Å². The van der Waals surface area contributed by atoms with Crippen molar-refractivity contribution in [2.24, 2.45) is 0 Å². The van der Waals surface area contributed by atoms with Crippen molar-refractivity contribution >= 4 is 11.7 Å². The first kappa shape index (κ1) is 10.9. The van der Waals surface area contributed by atoms with Crippen LogP contribution >= 0.6 is 0 Å². The minimum Gasteiger partial charge on any atom is -0.353 e. The van der Waals surface area contributed by atoms with Gasteiger partial charge >= 0.3 is 0 Å². The van der Waals surface area contributed by atoms with E-state index in [1.54, 1.807) is 6.92 Å². The lowest BCUT2D eigenvalue weighted by atomic mass is 10.0. The van der Waals surface area contributed by atoms with Gasteiger partial charge in [-0.3, -0.25) is 9.59 Å². The summed E-state index contributed by atoms with van der Waals surface area (Å²) in [6.07, 6.45) is 1.70. The maximum Gasteiger partial charge on any atom is 0.217 e. The molecule has 0 saturated heterocycles. The normalized spacial score (nSPS) is 18.0. The van der Waals surface area contributed by atoms with Crippen molar-refractivity contribution in [3.63, 3.8) is 0 Å². The van der Waals surface area contributed by atoms with Crippen LogP contribution in [0.1, 0.15) is 35.3 Å². The zero-order chi connectivity index (χ0) is 11.7. The third kappa shape index (κ3) is 2.13. The number of rotatable bonds is 2. The number of nitrogens with one attached hydrogen (secondary N) is 1. The lowest BCUT2D eigenvalue weighted by Gasteiger charge is -2.08. The maximum atomic E-state index is 11.2. The molecule has 84 valence electrons. The van der Waals surface area contributed by atoms with E-state index < -0.39 is 0 Å². The lowest BCUT2D eigenvalue weighted by molar-refractivity contribution is -0.119. The first-order valence-electron chi connectivity index (χ1n) is 5.46. The van der Waals surface area contributed by atoms with Crippen LogP contribution in [0.2, 0.25) is 0 Å². The van der Waals surface area contributed by atoms with E-state index in [0.717, 1.165) is 18.4 Å². The number of Topliss-reactive ketones (excluding diaryl/α,β-unsaturated/α-hetero) is 1. The molecule has 3 heteroatoms. The average molecular weight is 217 g/mol. The summed E-state index contributed by atoms with van der Waals surface area (Å²) in [5, 5.41) is 2.91. The molecule has 1 aliphatic rings. The van der Waals surface area contributed by atoms with Crippen LogP contribution in [0, 0.1) is 0 Å². The first-order chi connectivity index (χ1) is 7.56. The topological polar surface area (TPSA) is 46.2 Å². The molecule has 0 spiro atoms. The van der Waals surface area contributed by atoms with Crippen LogP contribution in [0.5, 0.6) is 0 Å². The molecule has 0 bridgehead atoms. The van der Waals surface area contributed by atoms with Crippen molar-refractivity contribution < 1.29 is 9.59 Å². The Hall–Kier alpha value is -1.64. The minimum atomic E-state index is 0.00426. The molecule has 0 radical (unpaired) electrons. The van der Waals surface area contributed by atoms with Crippen LogP contribution in [0.3, 0.4) is 0 Å². The molecule has 1 aliphatic carbocycles. The number of ketones is 1. The van der Waals surface area contributed by atoms with Gasteiger partial charge in [0.2, 0.25) is 5.91 Å². The highest BCUT2D eigenvalue weighted by Gasteiger charge is 2.22. The van der Waals surface area contributed by atoms with Crippen LogP contribution in [0.25, 0.3) is 0 Å². The van der Waals surface area contributed by atoms with Gasteiger partial charge in [-0.25, -0.2) is 0 Å². The fourth-order valence-electron chi connectivity index (χ4n) is 2.23. The van der Waals surface area contributed by atoms with Gasteiger partial charge in [0.05, 0.1) is 0 Å². The molecular weight excluding hydrogens is 202 g/mol. The van der Waals surface area contributed by atoms with Crippen molar-refractivity contribution in [1.82, 2.24) is 5.32 Å². The second-order valence-electron chi connectivity index (χ2n) is 4.35. The van der Waals surface area contributed by atoms with Gasteiger partial charge in [-0.05, 0) is 37.0 Å². The third-order valence-corrected chi connectivity index (χ3v) is 2.95. The average Bonchev–Trinajstić information content (AvgIpc) is 2.56. The van der Waals surface area contributed by atoms with E-state index in [2.05, 4.69) is 5.32 Å². The highest BCUT2D eigenvalue weighted by Crippen LogP contribution is 2.23. The molecule has 3 nitrogen and oxygen atoms in total. The van der Waals surface area contributed by atoms with E-state index in [0.29, 0.717) is 0 Å². The number of carbonyl (C=O) groups excluding carboxylic acids is 2. The Kier molecular flexibility index (Phi) is 2.77. The molecular formula is C13H15NO2. The van der Waals surface area contributed by atoms with Crippen molar-refractivity contribution in [2.45, 2.75) is 32.7 Å². The minimum absolute atomic E-state index is 0.00426. The number of amides is 1. The summed E-state index contributed by atoms with van der Waals surface area (Å²) in [5.74, 6) is 0.0929. The monoisotopic (exact) mass is 217 g/mol. The Morgan fingerprint density at radius 3 is 2.50 bits per heavy atom. The summed E-state index contributed by atoms with van der Waals surface area (Å²) >= 11 is 0. The van der Waals surface area contributed by atoms with Gasteiger partial charge < -0.3 is 5.32 Å². The van der Waals surface area contributed by atoms with Gasteiger partial charge in [-0.15, -0.1) is 0 Å². The molecule has 0 fully saturated rings. The second-order valence-corrected chi connectivity index (χ2v) is 4.35. The molecule has 1 atom stereocenters. The predicted octanol–water partition coefficient (Wildman–Crippen LogP) is 1.49. The molecule has 2 rings (SSSR count). The van der Waals surface area contributed by atoms with Crippen molar-refractivity contribution in [3.05, 3.63) is 34.9 Å². The number of fused-ring (bicyclic) bond motifs is 1. The van der Waals surface area contributed by atoms with Gasteiger partial charge in [0, 0.05) is 18.5 Å². The van der Waals surface area contributed by atoms with Crippen LogP contribution in [0.15, 0.2) is 18.2 Å². The largest absolute Gasteiger partial charge is 0.353 e. The number of benzene rings is 1. The molecule has 16 heavy (non-hydrogen) atoms. The smallest absolute Gasteiger partial charge is 0.217 e. The van der Waals surface area contributed by atoms with Crippen LogP contribution < -0.4 is 5.32 Å².